The van der Waals surface area contributed by atoms with E-state index >= 15 is 0 Å². The minimum Gasteiger partial charge on any atom is -0.461 e. The van der Waals surface area contributed by atoms with E-state index in [-0.39, 0.29) is 24.4 Å². The molecule has 0 unspecified atom stereocenters. The van der Waals surface area contributed by atoms with Crippen molar-refractivity contribution in [3.8, 4) is 0 Å². The number of rotatable bonds is 10. The molecule has 0 radical (unpaired) electrons. The average Bonchev–Trinajstić information content (AvgIpc) is 2.43. The summed E-state index contributed by atoms with van der Waals surface area (Å²) in [7, 11) is 0. The number of ether oxygens (including phenoxy) is 2. The van der Waals surface area contributed by atoms with E-state index in [1.807, 2.05) is 0 Å². The number of carbonyl (C=O) groups excluding carboxylic acids is 2. The summed E-state index contributed by atoms with van der Waals surface area (Å²) in [6, 6.07) is 0. The van der Waals surface area contributed by atoms with Crippen LogP contribution in [0.2, 0.25) is 0 Å². The van der Waals surface area contributed by atoms with E-state index in [9.17, 15) is 9.59 Å². The minimum absolute atomic E-state index is 0.160. The van der Waals surface area contributed by atoms with Crippen LogP contribution < -0.4 is 0 Å². The molecule has 0 aromatic rings. The molecular weight excluding hydrogens is 304 g/mol. The molecule has 0 spiro atoms. The maximum Gasteiger partial charge on any atom is 0.338 e. The quantitative estimate of drug-likeness (QED) is 0.264. The van der Waals surface area contributed by atoms with Crippen LogP contribution in [-0.2, 0) is 19.1 Å². The van der Waals surface area contributed by atoms with Gasteiger partial charge < -0.3 is 9.47 Å². The predicted octanol–water partition coefficient (Wildman–Crippen LogP) is 1.92. The second-order valence-electron chi connectivity index (χ2n) is 3.17. The number of hydrogen-bond acceptors (Lipinski definition) is 7. The monoisotopic (exact) mass is 318 g/mol. The van der Waals surface area contributed by atoms with Gasteiger partial charge in [0.1, 0.15) is 13.2 Å². The maximum atomic E-state index is 11.1. The van der Waals surface area contributed by atoms with Crippen molar-refractivity contribution < 1.29 is 19.1 Å². The summed E-state index contributed by atoms with van der Waals surface area (Å²) in [5.74, 6) is 0.170. The molecular formula is C12H14O4S3. The third-order valence-electron chi connectivity index (χ3n) is 1.73. The highest BCUT2D eigenvalue weighted by molar-refractivity contribution is 7.99. The molecule has 0 fully saturated rings. The van der Waals surface area contributed by atoms with Crippen LogP contribution in [0.3, 0.4) is 0 Å². The Kier molecular flexibility index (Phi) is 10.2. The van der Waals surface area contributed by atoms with Crippen molar-refractivity contribution >= 4 is 58.9 Å². The lowest BCUT2D eigenvalue weighted by Crippen LogP contribution is -2.12. The molecule has 0 amide bonds. The van der Waals surface area contributed by atoms with Gasteiger partial charge in [-0.25, -0.2) is 9.59 Å². The first-order valence-corrected chi connectivity index (χ1v) is 7.32. The van der Waals surface area contributed by atoms with Crippen LogP contribution in [0.4, 0.5) is 0 Å². The summed E-state index contributed by atoms with van der Waals surface area (Å²) in [6.45, 7) is 7.37. The molecule has 0 atom stereocenters. The molecule has 104 valence electrons. The Balaban J connectivity index is 3.51. The largest absolute Gasteiger partial charge is 0.461 e. The van der Waals surface area contributed by atoms with Gasteiger partial charge in [0, 0.05) is 22.2 Å². The molecule has 0 aliphatic heterocycles. The third-order valence-corrected chi connectivity index (χ3v) is 3.21. The van der Waals surface area contributed by atoms with Crippen molar-refractivity contribution in [2.75, 3.05) is 24.7 Å². The maximum absolute atomic E-state index is 11.1. The number of esters is 2. The Bertz CT molecular complexity index is 354. The van der Waals surface area contributed by atoms with E-state index in [0.717, 1.165) is 0 Å². The zero-order valence-electron chi connectivity index (χ0n) is 10.3. The highest BCUT2D eigenvalue weighted by atomic mass is 32.2. The van der Waals surface area contributed by atoms with Crippen LogP contribution in [0.25, 0.3) is 0 Å². The zero-order valence-corrected chi connectivity index (χ0v) is 12.7. The molecule has 0 aromatic heterocycles. The standard InChI is InChI=1S/C12H14O4S3/c1-9(7-17)11(13)15-3-5-19-6-4-16-12(14)10(2)8-18/h7-8H,1-6H2. The van der Waals surface area contributed by atoms with E-state index in [4.69, 9.17) is 9.47 Å². The predicted molar refractivity (Wildman–Crippen MR) is 84.8 cm³/mol. The number of hydrogen-bond donors (Lipinski definition) is 0. The molecule has 0 aromatic carbocycles. The van der Waals surface area contributed by atoms with Gasteiger partial charge in [-0.05, 0) is 0 Å². The summed E-state index contributed by atoms with van der Waals surface area (Å²) in [4.78, 5) is 22.3. The minimum atomic E-state index is -0.515. The van der Waals surface area contributed by atoms with Gasteiger partial charge in [0.05, 0.1) is 11.1 Å². The first-order valence-electron chi connectivity index (χ1n) is 5.23. The molecule has 0 saturated carbocycles. The molecule has 0 rings (SSSR count). The molecule has 7 heteroatoms. The molecule has 19 heavy (non-hydrogen) atoms. The summed E-state index contributed by atoms with van der Waals surface area (Å²) >= 11 is 10.6. The van der Waals surface area contributed by atoms with E-state index in [1.165, 1.54) is 22.5 Å². The van der Waals surface area contributed by atoms with Gasteiger partial charge in [-0.2, -0.15) is 11.8 Å². The van der Waals surface area contributed by atoms with Gasteiger partial charge in [0.25, 0.3) is 0 Å². The Morgan fingerprint density at radius 3 is 1.63 bits per heavy atom. The van der Waals surface area contributed by atoms with Gasteiger partial charge in [0.15, 0.2) is 0 Å². The molecule has 0 saturated heterocycles. The van der Waals surface area contributed by atoms with E-state index in [1.54, 1.807) is 0 Å². The Hall–Kier alpha value is -1.05. The van der Waals surface area contributed by atoms with Crippen molar-refractivity contribution in [1.82, 2.24) is 0 Å². The molecule has 0 N–H and O–H groups in total. The highest BCUT2D eigenvalue weighted by Crippen LogP contribution is 2.02. The zero-order chi connectivity index (χ0) is 14.7. The molecule has 0 bridgehead atoms. The van der Waals surface area contributed by atoms with E-state index in [2.05, 4.69) is 37.6 Å². The van der Waals surface area contributed by atoms with Gasteiger partial charge >= 0.3 is 11.9 Å². The SMILES string of the molecule is C=C(C=S)C(=O)OCCSCCOC(=O)C(=C)C=S. The van der Waals surface area contributed by atoms with Gasteiger partial charge in [0.2, 0.25) is 0 Å². The molecule has 4 nitrogen and oxygen atoms in total. The van der Waals surface area contributed by atoms with Crippen LogP contribution >= 0.6 is 36.2 Å². The Labute approximate surface area is 127 Å². The van der Waals surface area contributed by atoms with Gasteiger partial charge in [-0.1, -0.05) is 37.6 Å². The molecule has 0 aliphatic carbocycles. The smallest absolute Gasteiger partial charge is 0.338 e. The van der Waals surface area contributed by atoms with Crippen LogP contribution in [0.15, 0.2) is 24.3 Å². The van der Waals surface area contributed by atoms with Crippen LogP contribution in [0.5, 0.6) is 0 Å². The van der Waals surface area contributed by atoms with Crippen LogP contribution in [0, 0.1) is 0 Å². The lowest BCUT2D eigenvalue weighted by molar-refractivity contribution is -0.138. The van der Waals surface area contributed by atoms with Crippen LogP contribution in [-0.4, -0.2) is 47.4 Å². The Morgan fingerprint density at radius 2 is 1.32 bits per heavy atom. The van der Waals surface area contributed by atoms with Crippen molar-refractivity contribution in [1.29, 1.82) is 0 Å². The second kappa shape index (κ2) is 10.8. The Morgan fingerprint density at radius 1 is 0.947 bits per heavy atom. The van der Waals surface area contributed by atoms with Gasteiger partial charge in [-0.3, -0.25) is 0 Å². The molecule has 0 heterocycles. The average molecular weight is 318 g/mol. The summed E-state index contributed by atoms with van der Waals surface area (Å²) in [5, 5.41) is 2.36. The van der Waals surface area contributed by atoms with Crippen molar-refractivity contribution in [3.05, 3.63) is 24.3 Å². The fourth-order valence-corrected chi connectivity index (χ4v) is 1.57. The van der Waals surface area contributed by atoms with Crippen LogP contribution in [0.1, 0.15) is 0 Å². The number of carbonyl (C=O) groups is 2. The normalized spacial score (nSPS) is 9.26. The number of thioether (sulfide) groups is 1. The van der Waals surface area contributed by atoms with Crippen molar-refractivity contribution in [2.45, 2.75) is 0 Å². The summed E-state index contributed by atoms with van der Waals surface area (Å²) < 4.78 is 9.76. The lowest BCUT2D eigenvalue weighted by Gasteiger charge is -2.05. The second-order valence-corrected chi connectivity index (χ2v) is 4.87. The van der Waals surface area contributed by atoms with Gasteiger partial charge in [-0.15, -0.1) is 0 Å². The fraction of sp³-hybridized carbons (Fsp3) is 0.333. The summed E-state index contributed by atoms with van der Waals surface area (Å²) in [5.41, 5.74) is 0.320. The summed E-state index contributed by atoms with van der Waals surface area (Å²) in [6.07, 6.45) is 0. The first-order chi connectivity index (χ1) is 9.02. The lowest BCUT2D eigenvalue weighted by atomic mass is 10.4. The van der Waals surface area contributed by atoms with Crippen molar-refractivity contribution in [3.63, 3.8) is 0 Å². The van der Waals surface area contributed by atoms with Crippen molar-refractivity contribution in [2.24, 2.45) is 0 Å². The first kappa shape index (κ1) is 17.9. The fourth-order valence-electron chi connectivity index (χ4n) is 0.770. The highest BCUT2D eigenvalue weighted by Gasteiger charge is 2.06. The third kappa shape index (κ3) is 8.63. The topological polar surface area (TPSA) is 52.6 Å². The molecule has 0 aliphatic rings. The number of thiocarbonyl (C=S) groups is 2. The van der Waals surface area contributed by atoms with E-state index in [0.29, 0.717) is 11.5 Å². The van der Waals surface area contributed by atoms with E-state index < -0.39 is 11.9 Å².